The Labute approximate surface area is 159 Å². The minimum absolute atomic E-state index is 0.206. The van der Waals surface area contributed by atoms with Crippen molar-refractivity contribution in [1.29, 1.82) is 0 Å². The van der Waals surface area contributed by atoms with E-state index < -0.39 is 11.6 Å². The molecule has 3 heteroatoms. The third-order valence-corrected chi connectivity index (χ3v) is 6.43. The first-order chi connectivity index (χ1) is 13.0. The van der Waals surface area contributed by atoms with Gasteiger partial charge in [0.2, 0.25) is 0 Å². The molecule has 0 amide bonds. The van der Waals surface area contributed by atoms with Gasteiger partial charge in [-0.2, -0.15) is 0 Å². The maximum atomic E-state index is 14.9. The van der Waals surface area contributed by atoms with Gasteiger partial charge in [-0.05, 0) is 90.8 Å². The highest BCUT2D eigenvalue weighted by Gasteiger charge is 2.23. The number of rotatable bonds is 3. The van der Waals surface area contributed by atoms with E-state index in [0.29, 0.717) is 24.3 Å². The summed E-state index contributed by atoms with van der Waals surface area (Å²) in [5.41, 5.74) is 4.05. The van der Waals surface area contributed by atoms with E-state index in [0.717, 1.165) is 41.0 Å². The molecule has 2 aromatic rings. The van der Waals surface area contributed by atoms with Crippen LogP contribution in [0.5, 0.6) is 0 Å². The molecule has 0 heterocycles. The molecule has 0 radical (unpaired) electrons. The van der Waals surface area contributed by atoms with Crippen molar-refractivity contribution in [2.24, 2.45) is 5.92 Å². The van der Waals surface area contributed by atoms with Crippen LogP contribution in [0.1, 0.15) is 67.2 Å². The molecule has 0 unspecified atom stereocenters. The van der Waals surface area contributed by atoms with Crippen LogP contribution in [0.3, 0.4) is 0 Å². The van der Waals surface area contributed by atoms with Gasteiger partial charge in [-0.15, -0.1) is 0 Å². The highest BCUT2D eigenvalue weighted by molar-refractivity contribution is 5.71. The quantitative estimate of drug-likeness (QED) is 0.547. The third-order valence-electron chi connectivity index (χ3n) is 6.43. The summed E-state index contributed by atoms with van der Waals surface area (Å²) in [5.74, 6) is -0.590. The smallest absolute Gasteiger partial charge is 0.159 e. The van der Waals surface area contributed by atoms with E-state index in [4.69, 9.17) is 0 Å². The maximum Gasteiger partial charge on any atom is 0.159 e. The lowest BCUT2D eigenvalue weighted by Gasteiger charge is -2.28. The summed E-state index contributed by atoms with van der Waals surface area (Å²) >= 11 is 0. The van der Waals surface area contributed by atoms with Gasteiger partial charge in [0.15, 0.2) is 11.6 Å². The number of halogens is 3. The summed E-state index contributed by atoms with van der Waals surface area (Å²) < 4.78 is 41.8. The molecule has 0 N–H and O–H groups in total. The van der Waals surface area contributed by atoms with Gasteiger partial charge in [0, 0.05) is 5.56 Å². The number of benzene rings is 2. The van der Waals surface area contributed by atoms with E-state index in [1.54, 1.807) is 6.07 Å². The molecule has 2 aromatic carbocycles. The van der Waals surface area contributed by atoms with E-state index in [1.165, 1.54) is 31.4 Å². The van der Waals surface area contributed by atoms with Crippen LogP contribution in [0, 0.1) is 23.4 Å². The molecule has 0 spiro atoms. The molecule has 0 nitrogen and oxygen atoms in total. The van der Waals surface area contributed by atoms with Crippen molar-refractivity contribution in [1.82, 2.24) is 0 Å². The average Bonchev–Trinajstić information content (AvgIpc) is 2.68. The largest absolute Gasteiger partial charge is 0.206 e. The Morgan fingerprint density at radius 2 is 1.56 bits per heavy atom. The first-order valence-corrected chi connectivity index (χ1v) is 10.0. The SMILES string of the molecule is CCC1CCC(c2ccc(C3=CCc4cc(F)c(F)cc4C3)c(F)c2)CC1. The van der Waals surface area contributed by atoms with Crippen LogP contribution >= 0.6 is 0 Å². The molecule has 0 aliphatic heterocycles. The van der Waals surface area contributed by atoms with E-state index >= 15 is 0 Å². The van der Waals surface area contributed by atoms with Crippen LogP contribution in [0.25, 0.3) is 5.57 Å². The van der Waals surface area contributed by atoms with Gasteiger partial charge in [0.25, 0.3) is 0 Å². The van der Waals surface area contributed by atoms with Crippen molar-refractivity contribution in [3.8, 4) is 0 Å². The Morgan fingerprint density at radius 3 is 2.22 bits per heavy atom. The minimum Gasteiger partial charge on any atom is -0.206 e. The highest BCUT2D eigenvalue weighted by atomic mass is 19.2. The zero-order chi connectivity index (χ0) is 19.0. The van der Waals surface area contributed by atoms with E-state index in [-0.39, 0.29) is 5.82 Å². The summed E-state index contributed by atoms with van der Waals surface area (Å²) in [6, 6.07) is 8.11. The van der Waals surface area contributed by atoms with Gasteiger partial charge in [0.05, 0.1) is 0 Å². The Bertz CT molecular complexity index is 873. The molecule has 0 atom stereocenters. The van der Waals surface area contributed by atoms with Crippen molar-refractivity contribution in [3.05, 3.63) is 76.1 Å². The molecule has 0 saturated heterocycles. The monoisotopic (exact) mass is 370 g/mol. The lowest BCUT2D eigenvalue weighted by atomic mass is 9.77. The van der Waals surface area contributed by atoms with Crippen LogP contribution in [0.2, 0.25) is 0 Å². The van der Waals surface area contributed by atoms with Crippen LogP contribution < -0.4 is 0 Å². The fourth-order valence-corrected chi connectivity index (χ4v) is 4.65. The zero-order valence-corrected chi connectivity index (χ0v) is 15.7. The van der Waals surface area contributed by atoms with Crippen molar-refractivity contribution >= 4 is 5.57 Å². The Hall–Kier alpha value is -2.03. The normalized spacial score (nSPS) is 22.3. The van der Waals surface area contributed by atoms with Crippen LogP contribution in [-0.4, -0.2) is 0 Å². The van der Waals surface area contributed by atoms with E-state index in [1.807, 2.05) is 12.1 Å². The summed E-state index contributed by atoms with van der Waals surface area (Å²) in [6.07, 6.45) is 8.85. The molecule has 0 aromatic heterocycles. The lowest BCUT2D eigenvalue weighted by molar-refractivity contribution is 0.318. The summed E-state index contributed by atoms with van der Waals surface area (Å²) in [7, 11) is 0. The number of allylic oxidation sites excluding steroid dienone is 2. The summed E-state index contributed by atoms with van der Waals surface area (Å²) in [6.45, 7) is 2.25. The Morgan fingerprint density at radius 1 is 0.852 bits per heavy atom. The van der Waals surface area contributed by atoms with Crippen LogP contribution in [0.15, 0.2) is 36.4 Å². The van der Waals surface area contributed by atoms with Crippen molar-refractivity contribution in [2.45, 2.75) is 57.8 Å². The molecule has 27 heavy (non-hydrogen) atoms. The van der Waals surface area contributed by atoms with E-state index in [9.17, 15) is 13.2 Å². The Kier molecular flexibility index (Phi) is 5.12. The van der Waals surface area contributed by atoms with Crippen molar-refractivity contribution in [3.63, 3.8) is 0 Å². The molecular formula is C24H25F3. The van der Waals surface area contributed by atoms with Crippen molar-refractivity contribution < 1.29 is 13.2 Å². The second kappa shape index (κ2) is 7.53. The predicted molar refractivity (Wildman–Crippen MR) is 103 cm³/mol. The molecule has 142 valence electrons. The number of hydrogen-bond acceptors (Lipinski definition) is 0. The summed E-state index contributed by atoms with van der Waals surface area (Å²) in [4.78, 5) is 0. The second-order valence-electron chi connectivity index (χ2n) is 8.01. The molecule has 2 aliphatic carbocycles. The molecule has 0 bridgehead atoms. The second-order valence-corrected chi connectivity index (χ2v) is 8.01. The molecule has 1 saturated carbocycles. The lowest BCUT2D eigenvalue weighted by Crippen LogP contribution is -2.13. The van der Waals surface area contributed by atoms with Gasteiger partial charge < -0.3 is 0 Å². The molecular weight excluding hydrogens is 345 g/mol. The molecule has 1 fully saturated rings. The fraction of sp³-hybridized carbons (Fsp3) is 0.417. The van der Waals surface area contributed by atoms with Gasteiger partial charge in [-0.1, -0.05) is 31.6 Å². The van der Waals surface area contributed by atoms with Gasteiger partial charge >= 0.3 is 0 Å². The van der Waals surface area contributed by atoms with Gasteiger partial charge in [-0.25, -0.2) is 13.2 Å². The van der Waals surface area contributed by atoms with Crippen LogP contribution in [-0.2, 0) is 12.8 Å². The number of hydrogen-bond donors (Lipinski definition) is 0. The summed E-state index contributed by atoms with van der Waals surface area (Å²) in [5, 5.41) is 0. The topological polar surface area (TPSA) is 0 Å². The zero-order valence-electron chi connectivity index (χ0n) is 15.7. The number of fused-ring (bicyclic) bond motifs is 1. The average molecular weight is 370 g/mol. The standard InChI is InChI=1S/C24H25F3/c1-2-15-3-5-16(6-4-15)17-9-10-21(22(25)12-17)19-8-7-18-13-23(26)24(27)14-20(18)11-19/h8-10,12-16H,2-7,11H2,1H3. The van der Waals surface area contributed by atoms with Crippen LogP contribution in [0.4, 0.5) is 13.2 Å². The Balaban J connectivity index is 1.53. The van der Waals surface area contributed by atoms with Gasteiger partial charge in [-0.3, -0.25) is 0 Å². The first kappa shape index (κ1) is 18.3. The predicted octanol–water partition coefficient (Wildman–Crippen LogP) is 6.97. The first-order valence-electron chi connectivity index (χ1n) is 10.0. The highest BCUT2D eigenvalue weighted by Crippen LogP contribution is 2.38. The van der Waals surface area contributed by atoms with Gasteiger partial charge in [0.1, 0.15) is 5.82 Å². The molecule has 2 aliphatic rings. The van der Waals surface area contributed by atoms with E-state index in [2.05, 4.69) is 13.0 Å². The molecule has 4 rings (SSSR count). The third kappa shape index (κ3) is 3.69. The van der Waals surface area contributed by atoms with Crippen molar-refractivity contribution in [2.75, 3.05) is 0 Å². The fourth-order valence-electron chi connectivity index (χ4n) is 4.65. The minimum atomic E-state index is -0.839. The maximum absolute atomic E-state index is 14.9.